The molecule has 1 fully saturated rings. The average Bonchev–Trinajstić information content (AvgIpc) is 2.57. The summed E-state index contributed by atoms with van der Waals surface area (Å²) in [5.41, 5.74) is 3.98. The zero-order valence-corrected chi connectivity index (χ0v) is 15.7. The van der Waals surface area contributed by atoms with E-state index in [2.05, 4.69) is 55.3 Å². The predicted octanol–water partition coefficient (Wildman–Crippen LogP) is 4.25. The summed E-state index contributed by atoms with van der Waals surface area (Å²) in [5.74, 6) is 1.55. The van der Waals surface area contributed by atoms with Crippen LogP contribution in [0.15, 0.2) is 36.4 Å². The second-order valence-corrected chi connectivity index (χ2v) is 7.37. The van der Waals surface area contributed by atoms with Gasteiger partial charge in [0.2, 0.25) is 0 Å². The van der Waals surface area contributed by atoms with Crippen LogP contribution in [0.4, 0.5) is 5.69 Å². The quantitative estimate of drug-likeness (QED) is 0.816. The second-order valence-electron chi connectivity index (χ2n) is 6.99. The lowest BCUT2D eigenvalue weighted by Gasteiger charge is -2.52. The fourth-order valence-corrected chi connectivity index (χ4v) is 4.28. The van der Waals surface area contributed by atoms with E-state index in [0.29, 0.717) is 5.11 Å². The molecular weight excluding hydrogens is 332 g/mol. The number of rotatable bonds is 2. The number of anilines is 1. The molecule has 2 heterocycles. The van der Waals surface area contributed by atoms with Gasteiger partial charge in [-0.15, -0.1) is 0 Å². The van der Waals surface area contributed by atoms with Gasteiger partial charge in [-0.2, -0.15) is 0 Å². The number of benzene rings is 2. The number of nitrogens with zero attached hydrogens (tertiary/aromatic N) is 1. The number of fused-ring (bicyclic) bond motifs is 4. The number of hydrogen-bond acceptors (Lipinski definition) is 3. The lowest BCUT2D eigenvalue weighted by molar-refractivity contribution is 0.0463. The third-order valence-electron chi connectivity index (χ3n) is 5.09. The van der Waals surface area contributed by atoms with Gasteiger partial charge >= 0.3 is 0 Å². The van der Waals surface area contributed by atoms with E-state index in [-0.39, 0.29) is 6.04 Å². The number of hydrogen-bond donors (Lipinski definition) is 1. The normalized spacial score (nSPS) is 24.2. The summed E-state index contributed by atoms with van der Waals surface area (Å²) in [4.78, 5) is 2.11. The van der Waals surface area contributed by atoms with Gasteiger partial charge in [0.15, 0.2) is 22.3 Å². The maximum absolute atomic E-state index is 6.52. The molecule has 2 unspecified atom stereocenters. The second kappa shape index (κ2) is 5.63. The molecule has 130 valence electrons. The summed E-state index contributed by atoms with van der Waals surface area (Å²) in [6, 6.07) is 12.5. The Bertz CT molecular complexity index is 867. The van der Waals surface area contributed by atoms with E-state index in [4.69, 9.17) is 21.7 Å². The molecule has 2 bridgehead atoms. The van der Waals surface area contributed by atoms with Gasteiger partial charge in [-0.05, 0) is 56.2 Å². The van der Waals surface area contributed by atoms with Crippen LogP contribution in [0.5, 0.6) is 11.5 Å². The van der Waals surface area contributed by atoms with Crippen molar-refractivity contribution in [2.75, 3.05) is 12.0 Å². The summed E-state index contributed by atoms with van der Waals surface area (Å²) in [7, 11) is 1.67. The maximum atomic E-state index is 6.52. The first-order chi connectivity index (χ1) is 11.9. The highest BCUT2D eigenvalue weighted by Gasteiger charge is 2.49. The summed E-state index contributed by atoms with van der Waals surface area (Å²) < 4.78 is 12.0. The van der Waals surface area contributed by atoms with E-state index in [1.54, 1.807) is 7.11 Å². The highest BCUT2D eigenvalue weighted by Crippen LogP contribution is 2.49. The van der Waals surface area contributed by atoms with Crippen LogP contribution in [-0.2, 0) is 0 Å². The van der Waals surface area contributed by atoms with Crippen LogP contribution in [0.2, 0.25) is 0 Å². The molecule has 2 aliphatic heterocycles. The summed E-state index contributed by atoms with van der Waals surface area (Å²) in [5, 5.41) is 4.19. The van der Waals surface area contributed by atoms with E-state index in [0.717, 1.165) is 29.2 Å². The Morgan fingerprint density at radius 2 is 2.08 bits per heavy atom. The lowest BCUT2D eigenvalue weighted by Crippen LogP contribution is -2.65. The molecule has 0 saturated carbocycles. The van der Waals surface area contributed by atoms with Gasteiger partial charge in [0, 0.05) is 12.0 Å². The molecular formula is C20H22N2O2S. The smallest absolute Gasteiger partial charge is 0.188 e. The van der Waals surface area contributed by atoms with Gasteiger partial charge in [0.1, 0.15) is 0 Å². The maximum Gasteiger partial charge on any atom is 0.188 e. The summed E-state index contributed by atoms with van der Waals surface area (Å²) in [6.45, 7) is 6.29. The van der Waals surface area contributed by atoms with Gasteiger partial charge in [-0.1, -0.05) is 24.3 Å². The molecule has 0 aromatic heterocycles. The molecule has 5 heteroatoms. The number of aryl methyl sites for hydroxylation is 2. The van der Waals surface area contributed by atoms with Crippen LogP contribution in [0.1, 0.15) is 36.1 Å². The van der Waals surface area contributed by atoms with E-state index in [1.165, 1.54) is 11.1 Å². The summed E-state index contributed by atoms with van der Waals surface area (Å²) in [6.07, 6.45) is 0.806. The van der Waals surface area contributed by atoms with E-state index in [1.807, 2.05) is 12.1 Å². The van der Waals surface area contributed by atoms with Crippen molar-refractivity contribution >= 4 is 23.0 Å². The molecule has 25 heavy (non-hydrogen) atoms. The third kappa shape index (κ3) is 2.45. The van der Waals surface area contributed by atoms with E-state index >= 15 is 0 Å². The fraction of sp³-hybridized carbons (Fsp3) is 0.350. The SMILES string of the molecule is COc1cccc2c1OC1(C)CC2NC(=S)N1c1cc(C)ccc1C. The largest absolute Gasteiger partial charge is 0.493 e. The first kappa shape index (κ1) is 16.2. The molecule has 1 N–H and O–H groups in total. The average molecular weight is 354 g/mol. The van der Waals surface area contributed by atoms with Crippen molar-refractivity contribution in [1.82, 2.24) is 5.32 Å². The topological polar surface area (TPSA) is 33.7 Å². The van der Waals surface area contributed by atoms with Gasteiger partial charge in [0.05, 0.1) is 18.8 Å². The molecule has 0 radical (unpaired) electrons. The number of thiocarbonyl (C=S) groups is 1. The monoisotopic (exact) mass is 354 g/mol. The van der Waals surface area contributed by atoms with Crippen molar-refractivity contribution in [3.8, 4) is 11.5 Å². The Balaban J connectivity index is 1.86. The Hall–Kier alpha value is -2.27. The molecule has 2 atom stereocenters. The minimum absolute atomic E-state index is 0.123. The zero-order valence-electron chi connectivity index (χ0n) is 14.9. The molecule has 4 nitrogen and oxygen atoms in total. The van der Waals surface area contributed by atoms with Gasteiger partial charge in [-0.25, -0.2) is 0 Å². The molecule has 1 saturated heterocycles. The van der Waals surface area contributed by atoms with Crippen molar-refractivity contribution in [2.24, 2.45) is 0 Å². The van der Waals surface area contributed by atoms with Crippen LogP contribution in [0.25, 0.3) is 0 Å². The van der Waals surface area contributed by atoms with Crippen LogP contribution < -0.4 is 19.7 Å². The van der Waals surface area contributed by atoms with E-state index < -0.39 is 5.72 Å². The predicted molar refractivity (Wildman–Crippen MR) is 104 cm³/mol. The van der Waals surface area contributed by atoms with Crippen LogP contribution in [-0.4, -0.2) is 17.9 Å². The third-order valence-corrected chi connectivity index (χ3v) is 5.39. The summed E-state index contributed by atoms with van der Waals surface area (Å²) >= 11 is 5.73. The van der Waals surface area contributed by atoms with Crippen molar-refractivity contribution in [1.29, 1.82) is 0 Å². The Morgan fingerprint density at radius 3 is 2.84 bits per heavy atom. The minimum atomic E-state index is -0.562. The molecule has 2 aromatic rings. The van der Waals surface area contributed by atoms with Gasteiger partial charge in [0.25, 0.3) is 0 Å². The Kier molecular flexibility index (Phi) is 3.65. The number of para-hydroxylation sites is 1. The van der Waals surface area contributed by atoms with Crippen molar-refractivity contribution in [2.45, 2.75) is 39.0 Å². The van der Waals surface area contributed by atoms with E-state index in [9.17, 15) is 0 Å². The molecule has 0 aliphatic carbocycles. The standard InChI is InChI=1S/C20H22N2O2S/c1-12-8-9-13(2)16(10-12)22-19(25)21-15-11-20(22,3)24-18-14(15)6-5-7-17(18)23-4/h5-10,15H,11H2,1-4H3,(H,21,25). The first-order valence-electron chi connectivity index (χ1n) is 8.47. The van der Waals surface area contributed by atoms with Crippen molar-refractivity contribution in [3.05, 3.63) is 53.1 Å². The minimum Gasteiger partial charge on any atom is -0.493 e. The fourth-order valence-electron chi connectivity index (χ4n) is 3.85. The van der Waals surface area contributed by atoms with Crippen molar-refractivity contribution < 1.29 is 9.47 Å². The lowest BCUT2D eigenvalue weighted by atomic mass is 9.89. The van der Waals surface area contributed by atoms with Gasteiger partial charge < -0.3 is 14.8 Å². The Labute approximate surface area is 153 Å². The zero-order chi connectivity index (χ0) is 17.8. The highest BCUT2D eigenvalue weighted by molar-refractivity contribution is 7.80. The van der Waals surface area contributed by atoms with Crippen molar-refractivity contribution in [3.63, 3.8) is 0 Å². The molecule has 4 rings (SSSR count). The first-order valence-corrected chi connectivity index (χ1v) is 8.88. The van der Waals surface area contributed by atoms with Crippen LogP contribution in [0.3, 0.4) is 0 Å². The van der Waals surface area contributed by atoms with Crippen LogP contribution in [0, 0.1) is 13.8 Å². The molecule has 0 spiro atoms. The van der Waals surface area contributed by atoms with Gasteiger partial charge in [-0.3, -0.25) is 4.90 Å². The molecule has 2 aliphatic rings. The number of nitrogens with one attached hydrogen (secondary N) is 1. The highest BCUT2D eigenvalue weighted by atomic mass is 32.1. The number of methoxy groups -OCH3 is 1. The molecule has 2 aromatic carbocycles. The number of ether oxygens (including phenoxy) is 2. The Morgan fingerprint density at radius 1 is 1.28 bits per heavy atom. The van der Waals surface area contributed by atoms with Crippen LogP contribution >= 0.6 is 12.2 Å². The molecule has 0 amide bonds.